The minimum absolute atomic E-state index is 0.000640. The Labute approximate surface area is 346 Å². The molecule has 2 fully saturated rings. The maximum atomic E-state index is 14.1. The molecule has 5 unspecified atom stereocenters. The van der Waals surface area contributed by atoms with Crippen molar-refractivity contribution in [2.45, 2.75) is 197 Å². The fourth-order valence-electron chi connectivity index (χ4n) is 7.83. The zero-order chi connectivity index (χ0) is 42.3. The van der Waals surface area contributed by atoms with Crippen LogP contribution in [-0.2, 0) is 37.3 Å². The molecule has 2 saturated heterocycles. The van der Waals surface area contributed by atoms with Gasteiger partial charge in [-0.15, -0.1) is 0 Å². The van der Waals surface area contributed by atoms with Crippen molar-refractivity contribution in [2.75, 3.05) is 26.1 Å². The Kier molecular flexibility index (Phi) is 18.0. The number of ether oxygens (including phenoxy) is 3. The summed E-state index contributed by atoms with van der Waals surface area (Å²) < 4.78 is 68.9. The van der Waals surface area contributed by atoms with Gasteiger partial charge >= 0.3 is 0 Å². The first-order valence-corrected chi connectivity index (χ1v) is 31.6. The molecular weight excluding hydrogens is 773 g/mol. The lowest BCUT2D eigenvalue weighted by Crippen LogP contribution is -2.49. The lowest BCUT2D eigenvalue weighted by molar-refractivity contribution is -0.0759. The Hall–Kier alpha value is -0.679. The van der Waals surface area contributed by atoms with Crippen LogP contribution in [0.4, 0.5) is 0 Å². The highest BCUT2D eigenvalue weighted by Crippen LogP contribution is 2.43. The van der Waals surface area contributed by atoms with Crippen molar-refractivity contribution in [3.8, 4) is 0 Å². The quantitative estimate of drug-likeness (QED) is 0.0686. The molecule has 3 rings (SSSR count). The first kappa shape index (κ1) is 49.7. The lowest BCUT2D eigenvalue weighted by Gasteiger charge is -2.42. The number of benzene rings is 1. The summed E-state index contributed by atoms with van der Waals surface area (Å²) in [6, 6.07) is 12.2. The molecule has 0 aliphatic carbocycles. The van der Waals surface area contributed by atoms with Crippen LogP contribution in [0.15, 0.2) is 47.4 Å². The number of rotatable bonds is 21. The first-order valence-electron chi connectivity index (χ1n) is 21.6. The maximum Gasteiger partial charge on any atom is 0.192 e. The van der Waals surface area contributed by atoms with Gasteiger partial charge in [-0.05, 0) is 97.3 Å². The van der Waals surface area contributed by atoms with E-state index in [0.29, 0.717) is 24.3 Å². The van der Waals surface area contributed by atoms with E-state index in [1.807, 2.05) is 6.07 Å². The van der Waals surface area contributed by atoms with Gasteiger partial charge in [0, 0.05) is 32.5 Å². The molecule has 324 valence electrons. The van der Waals surface area contributed by atoms with Gasteiger partial charge in [0.1, 0.15) is 0 Å². The molecule has 8 atom stereocenters. The van der Waals surface area contributed by atoms with Crippen LogP contribution in [0.3, 0.4) is 0 Å². The first-order chi connectivity index (χ1) is 25.9. The van der Waals surface area contributed by atoms with Crippen molar-refractivity contribution >= 4 is 34.8 Å². The van der Waals surface area contributed by atoms with Crippen molar-refractivity contribution in [1.29, 1.82) is 0 Å². The van der Waals surface area contributed by atoms with E-state index in [2.05, 4.69) is 102 Å². The van der Waals surface area contributed by atoms with Crippen LogP contribution in [0.5, 0.6) is 0 Å². The smallest absolute Gasteiger partial charge is 0.192 e. The Morgan fingerprint density at radius 1 is 0.875 bits per heavy atom. The average Bonchev–Trinajstić information content (AvgIpc) is 3.42. The summed E-state index contributed by atoms with van der Waals surface area (Å²) in [5.74, 6) is -0.217. The van der Waals surface area contributed by atoms with Gasteiger partial charge in [0.05, 0.1) is 53.9 Å². The van der Waals surface area contributed by atoms with Gasteiger partial charge < -0.3 is 27.5 Å². The summed E-state index contributed by atoms with van der Waals surface area (Å²) >= 11 is 0. The predicted molar refractivity (Wildman–Crippen MR) is 240 cm³/mol. The molecule has 0 amide bonds. The van der Waals surface area contributed by atoms with Crippen LogP contribution in [0.1, 0.15) is 101 Å². The van der Waals surface area contributed by atoms with Crippen molar-refractivity contribution in [3.05, 3.63) is 42.5 Å². The van der Waals surface area contributed by atoms with E-state index in [9.17, 15) is 8.42 Å². The van der Waals surface area contributed by atoms with Crippen LogP contribution >= 0.6 is 0 Å². The summed E-state index contributed by atoms with van der Waals surface area (Å²) in [5.41, 5.74) is 1.06. The van der Waals surface area contributed by atoms with Gasteiger partial charge in [-0.2, -0.15) is 0 Å². The van der Waals surface area contributed by atoms with E-state index in [0.717, 1.165) is 49.6 Å². The summed E-state index contributed by atoms with van der Waals surface area (Å²) in [6.45, 7) is 37.4. The van der Waals surface area contributed by atoms with Crippen molar-refractivity contribution in [2.24, 2.45) is 11.8 Å². The largest absolute Gasteiger partial charge is 0.417 e. The van der Waals surface area contributed by atoms with Gasteiger partial charge in [-0.25, -0.2) is 8.42 Å². The Morgan fingerprint density at radius 3 is 2.00 bits per heavy atom. The maximum absolute atomic E-state index is 14.1. The van der Waals surface area contributed by atoms with E-state index in [4.69, 9.17) is 27.5 Å². The fourth-order valence-corrected chi connectivity index (χ4v) is 14.6. The monoisotopic (exact) mass is 855 g/mol. The van der Waals surface area contributed by atoms with Gasteiger partial charge in [0.2, 0.25) is 0 Å². The Bertz CT molecular complexity index is 1460. The predicted octanol–water partition coefficient (Wildman–Crippen LogP) is 11.2. The fraction of sp³-hybridized carbons (Fsp3) is 0.818. The molecule has 0 spiro atoms. The highest BCUT2D eigenvalue weighted by atomic mass is 32.2. The summed E-state index contributed by atoms with van der Waals surface area (Å²) in [4.78, 5) is 0.314. The molecule has 12 heteroatoms. The van der Waals surface area contributed by atoms with Crippen molar-refractivity contribution in [3.63, 3.8) is 0 Å². The lowest BCUT2D eigenvalue weighted by atomic mass is 9.83. The molecule has 0 radical (unpaired) electrons. The molecule has 56 heavy (non-hydrogen) atoms. The highest BCUT2D eigenvalue weighted by molar-refractivity contribution is 7.91. The third-order valence-electron chi connectivity index (χ3n) is 14.1. The molecule has 1 aromatic rings. The Morgan fingerprint density at radius 2 is 1.46 bits per heavy atom. The molecule has 2 aliphatic heterocycles. The summed E-state index contributed by atoms with van der Waals surface area (Å²) in [7, 11) is -7.92. The van der Waals surface area contributed by atoms with E-state index < -0.39 is 52.9 Å². The van der Waals surface area contributed by atoms with Crippen molar-refractivity contribution in [1.82, 2.24) is 0 Å². The number of hydrogen-bond donors (Lipinski definition) is 0. The molecule has 2 heterocycles. The van der Waals surface area contributed by atoms with Crippen LogP contribution in [0.2, 0.25) is 54.4 Å². The normalized spacial score (nSPS) is 26.5. The number of hydrogen-bond acceptors (Lipinski definition) is 8. The van der Waals surface area contributed by atoms with Gasteiger partial charge in [-0.1, -0.05) is 94.0 Å². The van der Waals surface area contributed by atoms with Crippen LogP contribution in [0.25, 0.3) is 0 Å². The second-order valence-electron chi connectivity index (χ2n) is 19.9. The molecule has 0 bridgehead atoms. The highest BCUT2D eigenvalue weighted by Gasteiger charge is 2.50. The van der Waals surface area contributed by atoms with Crippen LogP contribution in [0, 0.1) is 11.8 Å². The molecule has 0 saturated carbocycles. The average molecular weight is 855 g/mol. The van der Waals surface area contributed by atoms with Gasteiger partial charge in [0.15, 0.2) is 34.8 Å². The third kappa shape index (κ3) is 12.9. The van der Waals surface area contributed by atoms with Crippen LogP contribution in [-0.4, -0.2) is 96.1 Å². The van der Waals surface area contributed by atoms with E-state index in [1.54, 1.807) is 31.4 Å². The third-order valence-corrected chi connectivity index (χ3v) is 29.6. The Balaban J connectivity index is 1.92. The zero-order valence-electron chi connectivity index (χ0n) is 38.2. The van der Waals surface area contributed by atoms with E-state index in [1.165, 1.54) is 0 Å². The number of methoxy groups -OCH3 is 1. The van der Waals surface area contributed by atoms with Crippen LogP contribution < -0.4 is 0 Å². The standard InChI is InChI=1S/C44H82O8SSi3/c1-17-56(18-2,19-3)48-27-23-24-35-28-33(4)34(5)39(50-35)30-40-38(32-53(45,46)37-25-21-20-22-26-37)42(47-12)41(51-40)29-36(52-55(15,16)44(9,10)11)31-49-54(13,14)43(6,7)8/h20-22,25-26,33,35-36,38-42H,5,17-19,23-24,27-32H2,1-4,6-16H3/t33?,35?,36-,38?,39+,40?,41?,42+/m0/s1. The number of sulfone groups is 1. The SMILES string of the molecule is C=C1C(C)CC(CCCO[Si](CC)(CC)CC)O[C@@H]1CC1OC(C[C@@H](CO[Si](C)(C)C(C)(C)C)O[Si](C)(C)C(C)(C)C)[C@H](OC)C1CS(=O)(=O)c1ccccc1. The minimum Gasteiger partial charge on any atom is -0.417 e. The van der Waals surface area contributed by atoms with Gasteiger partial charge in [0.25, 0.3) is 0 Å². The zero-order valence-corrected chi connectivity index (χ0v) is 42.0. The van der Waals surface area contributed by atoms with E-state index >= 15 is 0 Å². The molecule has 2 aliphatic rings. The molecule has 0 aromatic heterocycles. The minimum atomic E-state index is -3.65. The molecule has 8 nitrogen and oxygen atoms in total. The van der Waals surface area contributed by atoms with Crippen molar-refractivity contribution < 1.29 is 35.9 Å². The summed E-state index contributed by atoms with van der Waals surface area (Å²) in [6.07, 6.45) is 2.22. The second-order valence-corrected chi connectivity index (χ2v) is 36.3. The summed E-state index contributed by atoms with van der Waals surface area (Å²) in [5, 5.41) is 0.0477. The van der Waals surface area contributed by atoms with Gasteiger partial charge in [-0.3, -0.25) is 0 Å². The molecule has 1 aromatic carbocycles. The second kappa shape index (κ2) is 20.3. The molecular formula is C44H82O8SSi3. The topological polar surface area (TPSA) is 89.5 Å². The van der Waals surface area contributed by atoms with E-state index in [-0.39, 0.29) is 46.2 Å². The molecule has 0 N–H and O–H groups in total.